The molecule has 5 heteroatoms. The lowest BCUT2D eigenvalue weighted by Gasteiger charge is -2.20. The molecule has 0 aliphatic carbocycles. The normalized spacial score (nSPS) is 30.1. The van der Waals surface area contributed by atoms with Crippen molar-refractivity contribution in [2.75, 3.05) is 19.6 Å². The largest absolute Gasteiger partial charge is 0.405 e. The maximum absolute atomic E-state index is 12.3. The van der Waals surface area contributed by atoms with E-state index in [4.69, 9.17) is 5.26 Å². The molecule has 15 heavy (non-hydrogen) atoms. The minimum Gasteiger partial charge on any atom is -0.301 e. The Morgan fingerprint density at radius 1 is 1.33 bits per heavy atom. The Hall–Kier alpha value is -0.760. The fraction of sp³-hybridized carbons (Fsp3) is 0.900. The van der Waals surface area contributed by atoms with Crippen LogP contribution in [-0.4, -0.2) is 30.7 Å². The van der Waals surface area contributed by atoms with E-state index in [-0.39, 0.29) is 6.54 Å². The van der Waals surface area contributed by atoms with Gasteiger partial charge in [-0.25, -0.2) is 0 Å². The van der Waals surface area contributed by atoms with E-state index in [1.165, 1.54) is 6.07 Å². The summed E-state index contributed by atoms with van der Waals surface area (Å²) in [7, 11) is 0. The highest BCUT2D eigenvalue weighted by atomic mass is 19.4. The molecule has 1 rings (SSSR count). The van der Waals surface area contributed by atoms with Crippen LogP contribution in [0.5, 0.6) is 0 Å². The molecule has 0 amide bonds. The van der Waals surface area contributed by atoms with Crippen LogP contribution in [0.2, 0.25) is 0 Å². The van der Waals surface area contributed by atoms with Crippen LogP contribution >= 0.6 is 0 Å². The van der Waals surface area contributed by atoms with Crippen molar-refractivity contribution in [2.45, 2.75) is 20.0 Å². The van der Waals surface area contributed by atoms with Gasteiger partial charge in [-0.3, -0.25) is 0 Å². The highest BCUT2D eigenvalue weighted by Gasteiger charge is 2.42. The topological polar surface area (TPSA) is 27.0 Å². The molecule has 1 fully saturated rings. The lowest BCUT2D eigenvalue weighted by Crippen LogP contribution is -2.35. The Bertz CT molecular complexity index is 246. The summed E-state index contributed by atoms with van der Waals surface area (Å²) < 4.78 is 37.0. The number of halogens is 3. The molecule has 1 aliphatic rings. The average molecular weight is 220 g/mol. The van der Waals surface area contributed by atoms with Gasteiger partial charge in [0.25, 0.3) is 0 Å². The zero-order valence-corrected chi connectivity index (χ0v) is 8.88. The zero-order valence-electron chi connectivity index (χ0n) is 8.88. The summed E-state index contributed by atoms with van der Waals surface area (Å²) in [6, 6.07) is 1.33. The van der Waals surface area contributed by atoms with Crippen molar-refractivity contribution in [3.8, 4) is 6.07 Å². The molecule has 3 unspecified atom stereocenters. The Morgan fingerprint density at radius 3 is 2.13 bits per heavy atom. The van der Waals surface area contributed by atoms with Crippen molar-refractivity contribution in [1.29, 1.82) is 5.26 Å². The van der Waals surface area contributed by atoms with Gasteiger partial charge in [-0.05, 0) is 11.8 Å². The second kappa shape index (κ2) is 4.40. The molecule has 86 valence electrons. The van der Waals surface area contributed by atoms with Crippen LogP contribution in [0.4, 0.5) is 13.2 Å². The molecular weight excluding hydrogens is 205 g/mol. The summed E-state index contributed by atoms with van der Waals surface area (Å²) >= 11 is 0. The van der Waals surface area contributed by atoms with Gasteiger partial charge < -0.3 is 4.90 Å². The van der Waals surface area contributed by atoms with Gasteiger partial charge >= 0.3 is 6.18 Å². The molecule has 0 saturated carbocycles. The summed E-state index contributed by atoms with van der Waals surface area (Å²) in [4.78, 5) is 1.73. The van der Waals surface area contributed by atoms with E-state index in [0.29, 0.717) is 24.9 Å². The number of alkyl halides is 3. The summed E-state index contributed by atoms with van der Waals surface area (Å²) in [5, 5.41) is 8.46. The first kappa shape index (κ1) is 12.3. The molecule has 0 spiro atoms. The number of hydrogen-bond donors (Lipinski definition) is 0. The van der Waals surface area contributed by atoms with Crippen LogP contribution in [0.3, 0.4) is 0 Å². The van der Waals surface area contributed by atoms with Crippen molar-refractivity contribution >= 4 is 0 Å². The molecule has 1 aliphatic heterocycles. The van der Waals surface area contributed by atoms with E-state index in [9.17, 15) is 13.2 Å². The minimum atomic E-state index is -4.40. The van der Waals surface area contributed by atoms with Gasteiger partial charge in [-0.2, -0.15) is 18.4 Å². The molecule has 1 saturated heterocycles. The van der Waals surface area contributed by atoms with Crippen LogP contribution in [0.15, 0.2) is 0 Å². The van der Waals surface area contributed by atoms with Gasteiger partial charge in [-0.15, -0.1) is 0 Å². The minimum absolute atomic E-state index is 0.186. The first-order chi connectivity index (χ1) is 6.84. The number of nitrogens with zero attached hydrogens (tertiary/aromatic N) is 2. The third kappa shape index (κ3) is 3.10. The van der Waals surface area contributed by atoms with E-state index in [0.717, 1.165) is 0 Å². The number of likely N-dealkylation sites (tertiary alicyclic amines) is 1. The Labute approximate surface area is 87.7 Å². The van der Waals surface area contributed by atoms with Crippen molar-refractivity contribution in [3.05, 3.63) is 0 Å². The Kier molecular flexibility index (Phi) is 3.61. The van der Waals surface area contributed by atoms with E-state index in [1.807, 2.05) is 13.8 Å². The standard InChI is InChI=1S/C10H15F3N2/c1-7-4-15(5-8(7)2)6-9(3-14)10(11,12)13/h7-9H,4-6H2,1-2H3. The summed E-state index contributed by atoms with van der Waals surface area (Å²) in [5.41, 5.74) is 0. The molecule has 0 N–H and O–H groups in total. The lowest BCUT2D eigenvalue weighted by molar-refractivity contribution is -0.162. The van der Waals surface area contributed by atoms with Crippen LogP contribution in [0.1, 0.15) is 13.8 Å². The number of hydrogen-bond acceptors (Lipinski definition) is 2. The molecule has 1 heterocycles. The first-order valence-electron chi connectivity index (χ1n) is 5.03. The van der Waals surface area contributed by atoms with Crippen LogP contribution < -0.4 is 0 Å². The monoisotopic (exact) mass is 220 g/mol. The quantitative estimate of drug-likeness (QED) is 0.713. The van der Waals surface area contributed by atoms with Crippen molar-refractivity contribution in [2.24, 2.45) is 17.8 Å². The van der Waals surface area contributed by atoms with E-state index < -0.39 is 12.1 Å². The van der Waals surface area contributed by atoms with E-state index in [1.54, 1.807) is 4.90 Å². The fourth-order valence-corrected chi connectivity index (χ4v) is 1.87. The van der Waals surface area contributed by atoms with Gasteiger partial charge in [0.15, 0.2) is 5.92 Å². The van der Waals surface area contributed by atoms with Gasteiger partial charge in [0.05, 0.1) is 6.07 Å². The summed E-state index contributed by atoms with van der Waals surface area (Å²) in [6.45, 7) is 5.19. The molecular formula is C10H15F3N2. The highest BCUT2D eigenvalue weighted by molar-refractivity contribution is 4.92. The third-order valence-electron chi connectivity index (χ3n) is 3.06. The second-order valence-corrected chi connectivity index (χ2v) is 4.40. The maximum atomic E-state index is 12.3. The molecule has 0 aromatic carbocycles. The van der Waals surface area contributed by atoms with E-state index >= 15 is 0 Å². The van der Waals surface area contributed by atoms with E-state index in [2.05, 4.69) is 0 Å². The molecule has 3 atom stereocenters. The SMILES string of the molecule is CC1CN(CC(C#N)C(F)(F)F)CC1C. The lowest BCUT2D eigenvalue weighted by atomic mass is 10.0. The van der Waals surface area contributed by atoms with Gasteiger partial charge in [-0.1, -0.05) is 13.8 Å². The highest BCUT2D eigenvalue weighted by Crippen LogP contribution is 2.29. The summed E-state index contributed by atoms with van der Waals surface area (Å²) in [5.74, 6) is -1.02. The smallest absolute Gasteiger partial charge is 0.301 e. The van der Waals surface area contributed by atoms with Crippen LogP contribution in [-0.2, 0) is 0 Å². The third-order valence-corrected chi connectivity index (χ3v) is 3.06. The van der Waals surface area contributed by atoms with Gasteiger partial charge in [0.2, 0.25) is 0 Å². The van der Waals surface area contributed by atoms with Gasteiger partial charge in [0.1, 0.15) is 0 Å². The Morgan fingerprint density at radius 2 is 1.80 bits per heavy atom. The molecule has 0 aromatic rings. The summed E-state index contributed by atoms with van der Waals surface area (Å²) in [6.07, 6.45) is -4.40. The van der Waals surface area contributed by atoms with Crippen molar-refractivity contribution < 1.29 is 13.2 Å². The first-order valence-corrected chi connectivity index (χ1v) is 5.03. The Balaban J connectivity index is 2.52. The van der Waals surface area contributed by atoms with Crippen LogP contribution in [0.25, 0.3) is 0 Å². The van der Waals surface area contributed by atoms with Crippen molar-refractivity contribution in [3.63, 3.8) is 0 Å². The second-order valence-electron chi connectivity index (χ2n) is 4.40. The molecule has 0 bridgehead atoms. The maximum Gasteiger partial charge on any atom is 0.405 e. The molecule has 2 nitrogen and oxygen atoms in total. The predicted molar refractivity (Wildman–Crippen MR) is 49.9 cm³/mol. The van der Waals surface area contributed by atoms with Gasteiger partial charge in [0, 0.05) is 19.6 Å². The average Bonchev–Trinajstić information content (AvgIpc) is 2.40. The molecule has 0 aromatic heterocycles. The molecule has 0 radical (unpaired) electrons. The number of rotatable bonds is 2. The van der Waals surface area contributed by atoms with Crippen molar-refractivity contribution in [1.82, 2.24) is 4.90 Å². The van der Waals surface area contributed by atoms with Crippen LogP contribution in [0, 0.1) is 29.1 Å². The fourth-order valence-electron chi connectivity index (χ4n) is 1.87. The number of nitriles is 1. The zero-order chi connectivity index (χ0) is 11.6. The predicted octanol–water partition coefficient (Wildman–Crippen LogP) is 2.28.